The van der Waals surface area contributed by atoms with E-state index in [4.69, 9.17) is 28.4 Å². The van der Waals surface area contributed by atoms with E-state index < -0.39 is 24.0 Å². The van der Waals surface area contributed by atoms with Gasteiger partial charge >= 0.3 is 0 Å². The summed E-state index contributed by atoms with van der Waals surface area (Å²) in [6.07, 6.45) is 11.1. The largest absolute Gasteiger partial charge is 0.497 e. The van der Waals surface area contributed by atoms with Gasteiger partial charge in [-0.15, -0.1) is 0 Å². The van der Waals surface area contributed by atoms with E-state index in [1.807, 2.05) is 61.5 Å². The Morgan fingerprint density at radius 2 is 1.44 bits per heavy atom. The highest BCUT2D eigenvalue weighted by atomic mass is 16.7. The molecule has 2 saturated heterocycles. The van der Waals surface area contributed by atoms with Crippen molar-refractivity contribution in [2.75, 3.05) is 33.5 Å². The minimum atomic E-state index is -0.786. The summed E-state index contributed by atoms with van der Waals surface area (Å²) in [6, 6.07) is 24.4. The van der Waals surface area contributed by atoms with Gasteiger partial charge in [0.2, 0.25) is 0 Å². The van der Waals surface area contributed by atoms with E-state index in [9.17, 15) is 9.59 Å². The highest BCUT2D eigenvalue weighted by molar-refractivity contribution is 6.21. The lowest BCUT2D eigenvalue weighted by Crippen LogP contribution is -2.61. The van der Waals surface area contributed by atoms with Crippen LogP contribution in [0.3, 0.4) is 0 Å². The van der Waals surface area contributed by atoms with Crippen LogP contribution in [0.4, 0.5) is 0 Å². The molecule has 0 N–H and O–H groups in total. The zero-order chi connectivity index (χ0) is 36.2. The summed E-state index contributed by atoms with van der Waals surface area (Å²) in [4.78, 5) is 29.3. The molecule has 6 rings (SSSR count). The Hall–Kier alpha value is -3.86. The summed E-state index contributed by atoms with van der Waals surface area (Å²) < 4.78 is 36.4. The zero-order valence-corrected chi connectivity index (χ0v) is 30.6. The molecule has 9 heteroatoms. The van der Waals surface area contributed by atoms with Crippen LogP contribution in [-0.4, -0.2) is 74.3 Å². The molecule has 3 aliphatic heterocycles. The third kappa shape index (κ3) is 9.76. The van der Waals surface area contributed by atoms with Gasteiger partial charge in [0, 0.05) is 18.9 Å². The number of allylic oxidation sites excluding steroid dienone is 1. The molecule has 3 aromatic rings. The highest BCUT2D eigenvalue weighted by Crippen LogP contribution is 2.39. The van der Waals surface area contributed by atoms with Gasteiger partial charge in [0.05, 0.1) is 69.5 Å². The standard InChI is InChI=1S/C43H53NO8/c1-43(51-26-27-52-43)28-34-31-49-38(20-12-7-5-3-4-6-8-15-25-48-29-33-21-23-35(47-2)24-22-33)39(40(34)50-30-32-16-10-9-11-17-32)44-41(45)36-18-13-14-19-37(36)42(44)46/h7,9-14,16-19,21-24,34,38-40H,3-6,8,15,20,25-31H2,1-2H3/b12-7+/t34-,38+,39+,40+/m1/s1. The van der Waals surface area contributed by atoms with Gasteiger partial charge in [-0.1, -0.05) is 86.0 Å². The van der Waals surface area contributed by atoms with Crippen molar-refractivity contribution in [1.82, 2.24) is 4.90 Å². The lowest BCUT2D eigenvalue weighted by atomic mass is 9.83. The number of imide groups is 1. The summed E-state index contributed by atoms with van der Waals surface area (Å²) in [5.74, 6) is -0.709. The molecular formula is C43H53NO8. The molecule has 4 atom stereocenters. The third-order valence-corrected chi connectivity index (χ3v) is 10.3. The lowest BCUT2D eigenvalue weighted by molar-refractivity contribution is -0.201. The number of benzene rings is 3. The van der Waals surface area contributed by atoms with Crippen molar-refractivity contribution in [3.63, 3.8) is 0 Å². The summed E-state index contributed by atoms with van der Waals surface area (Å²) >= 11 is 0. The maximum atomic E-state index is 13.9. The first-order chi connectivity index (χ1) is 25.5. The van der Waals surface area contributed by atoms with Gasteiger partial charge in [0.15, 0.2) is 5.79 Å². The molecule has 0 aromatic heterocycles. The molecule has 0 aliphatic carbocycles. The summed E-state index contributed by atoms with van der Waals surface area (Å²) in [7, 11) is 1.67. The topological polar surface area (TPSA) is 92.8 Å². The Kier molecular flexibility index (Phi) is 13.7. The predicted molar refractivity (Wildman–Crippen MR) is 198 cm³/mol. The predicted octanol–water partition coefficient (Wildman–Crippen LogP) is 7.92. The number of carbonyl (C=O) groups is 2. The molecule has 0 radical (unpaired) electrons. The van der Waals surface area contributed by atoms with Gasteiger partial charge in [-0.25, -0.2) is 0 Å². The van der Waals surface area contributed by atoms with Crippen molar-refractivity contribution in [1.29, 1.82) is 0 Å². The molecular weight excluding hydrogens is 658 g/mol. The summed E-state index contributed by atoms with van der Waals surface area (Å²) in [5.41, 5.74) is 3.01. The van der Waals surface area contributed by atoms with Crippen LogP contribution in [0.2, 0.25) is 0 Å². The van der Waals surface area contributed by atoms with E-state index in [1.54, 1.807) is 31.4 Å². The molecule has 0 unspecified atom stereocenters. The molecule has 2 amide bonds. The number of hydrogen-bond acceptors (Lipinski definition) is 8. The van der Waals surface area contributed by atoms with E-state index in [1.165, 1.54) is 11.3 Å². The zero-order valence-electron chi connectivity index (χ0n) is 30.6. The van der Waals surface area contributed by atoms with Crippen molar-refractivity contribution in [3.05, 3.63) is 113 Å². The van der Waals surface area contributed by atoms with Crippen LogP contribution in [0.25, 0.3) is 0 Å². The van der Waals surface area contributed by atoms with Gasteiger partial charge in [-0.3, -0.25) is 14.5 Å². The lowest BCUT2D eigenvalue weighted by Gasteiger charge is -2.47. The molecule has 0 spiro atoms. The van der Waals surface area contributed by atoms with Gasteiger partial charge in [0.25, 0.3) is 11.8 Å². The number of carbonyl (C=O) groups excluding carboxylic acids is 2. The second kappa shape index (κ2) is 18.8. The second-order valence-corrected chi connectivity index (χ2v) is 14.1. The number of hydrogen-bond donors (Lipinski definition) is 0. The van der Waals surface area contributed by atoms with Crippen LogP contribution < -0.4 is 4.74 Å². The Morgan fingerprint density at radius 1 is 0.788 bits per heavy atom. The molecule has 0 saturated carbocycles. The number of fused-ring (bicyclic) bond motifs is 1. The first-order valence-corrected chi connectivity index (χ1v) is 18.8. The minimum Gasteiger partial charge on any atom is -0.497 e. The number of rotatable bonds is 19. The highest BCUT2D eigenvalue weighted by Gasteiger charge is 2.52. The quantitative estimate of drug-likeness (QED) is 0.0704. The van der Waals surface area contributed by atoms with Crippen LogP contribution >= 0.6 is 0 Å². The number of nitrogens with zero attached hydrogens (tertiary/aromatic N) is 1. The van der Waals surface area contributed by atoms with Crippen molar-refractivity contribution in [2.24, 2.45) is 5.92 Å². The first kappa shape index (κ1) is 37.9. The molecule has 52 heavy (non-hydrogen) atoms. The summed E-state index contributed by atoms with van der Waals surface area (Å²) in [5, 5.41) is 0. The van der Waals surface area contributed by atoms with Crippen molar-refractivity contribution in [3.8, 4) is 5.75 Å². The van der Waals surface area contributed by atoms with E-state index >= 15 is 0 Å². The smallest absolute Gasteiger partial charge is 0.261 e. The minimum absolute atomic E-state index is 0.172. The van der Waals surface area contributed by atoms with Crippen LogP contribution in [0.15, 0.2) is 91.0 Å². The van der Waals surface area contributed by atoms with Gasteiger partial charge in [-0.2, -0.15) is 0 Å². The van der Waals surface area contributed by atoms with E-state index in [-0.39, 0.29) is 17.7 Å². The van der Waals surface area contributed by atoms with Gasteiger partial charge in [-0.05, 0) is 68.0 Å². The maximum Gasteiger partial charge on any atom is 0.261 e. The van der Waals surface area contributed by atoms with Crippen molar-refractivity contribution >= 4 is 11.8 Å². The van der Waals surface area contributed by atoms with Crippen LogP contribution in [0.5, 0.6) is 5.75 Å². The molecule has 9 nitrogen and oxygen atoms in total. The van der Waals surface area contributed by atoms with E-state index in [2.05, 4.69) is 12.2 Å². The normalized spacial score (nSPS) is 22.7. The fourth-order valence-electron chi connectivity index (χ4n) is 7.51. The number of amides is 2. The van der Waals surface area contributed by atoms with Crippen LogP contribution in [0, 0.1) is 5.92 Å². The van der Waals surface area contributed by atoms with E-state index in [0.29, 0.717) is 57.0 Å². The average Bonchev–Trinajstić information content (AvgIpc) is 3.71. The average molecular weight is 712 g/mol. The second-order valence-electron chi connectivity index (χ2n) is 14.1. The summed E-state index contributed by atoms with van der Waals surface area (Å²) in [6.45, 7) is 5.12. The van der Waals surface area contributed by atoms with Crippen LogP contribution in [-0.2, 0) is 36.9 Å². The molecule has 3 heterocycles. The SMILES string of the molecule is COc1ccc(COCCCCCCC/C=C/C[C@@H]2OC[C@@H](CC3(C)OCCO3)[C@H](OCc3ccccc3)[C@H]2N2C(=O)c3ccccc3C2=O)cc1. The molecule has 3 aliphatic rings. The van der Waals surface area contributed by atoms with E-state index in [0.717, 1.165) is 55.6 Å². The fraction of sp³-hybridized carbons (Fsp3) is 0.488. The number of methoxy groups -OCH3 is 1. The van der Waals surface area contributed by atoms with Gasteiger partial charge in [0.1, 0.15) is 5.75 Å². The Morgan fingerprint density at radius 3 is 2.15 bits per heavy atom. The third-order valence-electron chi connectivity index (χ3n) is 10.3. The Labute approximate surface area is 308 Å². The molecule has 278 valence electrons. The van der Waals surface area contributed by atoms with Gasteiger partial charge < -0.3 is 28.4 Å². The Balaban J connectivity index is 1.05. The number of ether oxygens (including phenoxy) is 6. The number of unbranched alkanes of at least 4 members (excludes halogenated alkanes) is 5. The molecule has 0 bridgehead atoms. The maximum absolute atomic E-state index is 13.9. The van der Waals surface area contributed by atoms with Crippen LogP contribution in [0.1, 0.15) is 90.1 Å². The monoisotopic (exact) mass is 711 g/mol. The first-order valence-electron chi connectivity index (χ1n) is 18.8. The Bertz CT molecular complexity index is 1570. The fourth-order valence-corrected chi connectivity index (χ4v) is 7.51. The molecule has 3 aromatic carbocycles. The van der Waals surface area contributed by atoms with Crippen molar-refractivity contribution < 1.29 is 38.0 Å². The van der Waals surface area contributed by atoms with Crippen molar-refractivity contribution in [2.45, 2.75) is 95.5 Å². The molecule has 2 fully saturated rings.